The number of aromatic nitrogens is 3. The summed E-state index contributed by atoms with van der Waals surface area (Å²) >= 11 is 0. The lowest BCUT2D eigenvalue weighted by atomic mass is 9.96. The Morgan fingerprint density at radius 3 is 2.24 bits per heavy atom. The fraction of sp³-hybridized carbons (Fsp3) is 0.400. The van der Waals surface area contributed by atoms with Crippen LogP contribution in [0.2, 0.25) is 0 Å². The van der Waals surface area contributed by atoms with Crippen molar-refractivity contribution < 1.29 is 49.2 Å². The Morgan fingerprint density at radius 1 is 1.02 bits per heavy atom. The summed E-state index contributed by atoms with van der Waals surface area (Å²) in [5.41, 5.74) is -6.71. The molecule has 0 bridgehead atoms. The number of anilines is 1. The molecule has 2 atom stereocenters. The van der Waals surface area contributed by atoms with Gasteiger partial charge in [0.15, 0.2) is 5.69 Å². The van der Waals surface area contributed by atoms with Crippen LogP contribution in [0.3, 0.4) is 0 Å². The summed E-state index contributed by atoms with van der Waals surface area (Å²) < 4.78 is 116. The van der Waals surface area contributed by atoms with E-state index in [0.29, 0.717) is 11.6 Å². The van der Waals surface area contributed by atoms with Crippen molar-refractivity contribution in [3.63, 3.8) is 0 Å². The van der Waals surface area contributed by atoms with Crippen LogP contribution in [0.25, 0.3) is 11.6 Å². The van der Waals surface area contributed by atoms with Gasteiger partial charge in [0.25, 0.3) is 11.8 Å². The van der Waals surface area contributed by atoms with Gasteiger partial charge in [-0.1, -0.05) is 42.5 Å². The first-order chi connectivity index (χ1) is 21.4. The number of hydrogen-bond donors (Lipinski definition) is 1. The average molecular weight is 675 g/mol. The second kappa shape index (κ2) is 14.6. The van der Waals surface area contributed by atoms with Crippen molar-refractivity contribution in [2.24, 2.45) is 0 Å². The number of rotatable bonds is 13. The van der Waals surface area contributed by atoms with Gasteiger partial charge in [-0.05, 0) is 51.7 Å². The number of halogens is 6. The number of carbonyl (C=O) groups is 1. The number of benzene rings is 1. The fourth-order valence-corrected chi connectivity index (χ4v) is 5.17. The number of nitrogens with zero attached hydrogens (tertiary/aromatic N) is 3. The molecule has 0 fully saturated rings. The maximum Gasteiger partial charge on any atom is 0.426 e. The molecule has 0 aliphatic carbocycles. The van der Waals surface area contributed by atoms with Crippen LogP contribution in [-0.2, 0) is 38.7 Å². The van der Waals surface area contributed by atoms with Gasteiger partial charge in [-0.25, -0.2) is 9.78 Å². The lowest BCUT2D eigenvalue weighted by Gasteiger charge is -2.32. The highest BCUT2D eigenvalue weighted by Gasteiger charge is 2.61. The van der Waals surface area contributed by atoms with Crippen molar-refractivity contribution in [2.45, 2.75) is 75.2 Å². The topological polar surface area (TPSA) is 116 Å². The molecule has 0 aliphatic rings. The number of hydrogen-bond acceptors (Lipinski definition) is 8. The first-order valence-corrected chi connectivity index (χ1v) is 15.0. The van der Waals surface area contributed by atoms with E-state index >= 15 is 0 Å². The molecular formula is C30H32F6N4O5S. The zero-order valence-corrected chi connectivity index (χ0v) is 25.9. The van der Waals surface area contributed by atoms with Gasteiger partial charge in [0, 0.05) is 5.75 Å². The molecule has 250 valence electrons. The van der Waals surface area contributed by atoms with Crippen LogP contribution in [0.5, 0.6) is 0 Å². The lowest BCUT2D eigenvalue weighted by Crippen LogP contribution is -2.45. The second-order valence-electron chi connectivity index (χ2n) is 10.8. The van der Waals surface area contributed by atoms with Crippen molar-refractivity contribution in [1.82, 2.24) is 15.2 Å². The van der Waals surface area contributed by atoms with Crippen molar-refractivity contribution in [2.75, 3.05) is 11.1 Å². The van der Waals surface area contributed by atoms with Gasteiger partial charge in [0.2, 0.25) is 5.60 Å². The van der Waals surface area contributed by atoms with Gasteiger partial charge in [0.05, 0.1) is 28.7 Å². The molecule has 1 aromatic carbocycles. The monoisotopic (exact) mass is 674 g/mol. The number of allylic oxidation sites excluding steroid dienone is 2. The molecule has 3 aromatic rings. The van der Waals surface area contributed by atoms with Gasteiger partial charge in [-0.15, -0.1) is 23.4 Å². The SMILES string of the molecule is C=CCCS(=O)c1nc(-c2nnc(C(CCC=C)(OCc3ccccc3)C(F)(F)F)o2)c(NC(=O)OC(C)(C)C)cc1C(F)(F)F. The van der Waals surface area contributed by atoms with Gasteiger partial charge in [-0.2, -0.15) is 26.3 Å². The van der Waals surface area contributed by atoms with Crippen LogP contribution in [-0.4, -0.2) is 43.0 Å². The summed E-state index contributed by atoms with van der Waals surface area (Å²) in [5, 5.41) is 8.38. The summed E-state index contributed by atoms with van der Waals surface area (Å²) in [6, 6.07) is 8.40. The van der Waals surface area contributed by atoms with Gasteiger partial charge in [0.1, 0.15) is 10.6 Å². The van der Waals surface area contributed by atoms with E-state index < -0.39 is 87.2 Å². The quantitative estimate of drug-likeness (QED) is 0.143. The van der Waals surface area contributed by atoms with Crippen LogP contribution < -0.4 is 5.32 Å². The minimum Gasteiger partial charge on any atom is -0.444 e. The Balaban J connectivity index is 2.24. The molecule has 0 spiro atoms. The van der Waals surface area contributed by atoms with E-state index in [9.17, 15) is 35.3 Å². The number of ether oxygens (including phenoxy) is 2. The van der Waals surface area contributed by atoms with E-state index in [2.05, 4.69) is 33.7 Å². The molecule has 0 radical (unpaired) electrons. The molecule has 0 saturated heterocycles. The maximum atomic E-state index is 14.8. The molecule has 1 N–H and O–H groups in total. The molecule has 0 aliphatic heterocycles. The molecule has 2 aromatic heterocycles. The standard InChI is InChI=1S/C30H32F6N4O5S/c1-6-8-15-28(30(34,35)36,43-18-19-13-11-10-12-14-19)25-40-39-23(44-25)22-21(37-26(41)45-27(3,4)5)17-20(29(31,32)33)24(38-22)46(42)16-9-7-2/h6-7,10-14,17H,1-2,8-9,15-16,18H2,3-5H3,(H,37,41). The Bertz CT molecular complexity index is 1550. The molecule has 2 unspecified atom stereocenters. The van der Waals surface area contributed by atoms with E-state index in [1.165, 1.54) is 32.9 Å². The van der Waals surface area contributed by atoms with E-state index in [1.807, 2.05) is 0 Å². The highest BCUT2D eigenvalue weighted by molar-refractivity contribution is 7.85. The molecule has 1 amide bonds. The minimum atomic E-state index is -5.13. The van der Waals surface area contributed by atoms with Gasteiger partial charge in [-0.3, -0.25) is 9.53 Å². The highest BCUT2D eigenvalue weighted by Crippen LogP contribution is 2.47. The number of nitrogens with one attached hydrogen (secondary N) is 1. The van der Waals surface area contributed by atoms with Crippen LogP contribution in [0.15, 0.2) is 71.2 Å². The first kappa shape index (κ1) is 36.4. The Morgan fingerprint density at radius 2 is 1.67 bits per heavy atom. The smallest absolute Gasteiger partial charge is 0.426 e. The summed E-state index contributed by atoms with van der Waals surface area (Å²) in [4.78, 5) is 16.5. The van der Waals surface area contributed by atoms with Gasteiger partial charge < -0.3 is 13.9 Å². The maximum absolute atomic E-state index is 14.8. The van der Waals surface area contributed by atoms with E-state index in [1.54, 1.807) is 30.3 Å². The predicted octanol–water partition coefficient (Wildman–Crippen LogP) is 8.12. The molecule has 16 heteroatoms. The highest BCUT2D eigenvalue weighted by atomic mass is 32.2. The van der Waals surface area contributed by atoms with Crippen LogP contribution in [0, 0.1) is 0 Å². The summed E-state index contributed by atoms with van der Waals surface area (Å²) in [6.07, 6.45) is -9.77. The predicted molar refractivity (Wildman–Crippen MR) is 157 cm³/mol. The normalized spacial score (nSPS) is 14.3. The minimum absolute atomic E-state index is 0.0553. The number of amides is 1. The van der Waals surface area contributed by atoms with Crippen LogP contribution >= 0.6 is 0 Å². The Labute approximate surface area is 263 Å². The summed E-state index contributed by atoms with van der Waals surface area (Å²) in [7, 11) is -2.37. The van der Waals surface area contributed by atoms with Crippen molar-refractivity contribution in [3.05, 3.63) is 78.7 Å². The van der Waals surface area contributed by atoms with Crippen LogP contribution in [0.4, 0.5) is 36.8 Å². The second-order valence-corrected chi connectivity index (χ2v) is 12.3. The molecule has 9 nitrogen and oxygen atoms in total. The molecule has 0 saturated carbocycles. The van der Waals surface area contributed by atoms with Gasteiger partial charge >= 0.3 is 18.4 Å². The number of pyridine rings is 1. The van der Waals surface area contributed by atoms with Crippen molar-refractivity contribution >= 4 is 22.6 Å². The fourth-order valence-electron chi connectivity index (χ4n) is 3.99. The average Bonchev–Trinajstić information content (AvgIpc) is 3.44. The molecule has 3 rings (SSSR count). The molecule has 46 heavy (non-hydrogen) atoms. The molecular weight excluding hydrogens is 642 g/mol. The first-order valence-electron chi connectivity index (χ1n) is 13.7. The zero-order chi connectivity index (χ0) is 34.3. The van der Waals surface area contributed by atoms with Crippen molar-refractivity contribution in [1.29, 1.82) is 0 Å². The van der Waals surface area contributed by atoms with E-state index in [-0.39, 0.29) is 18.6 Å². The third-order valence-corrected chi connectivity index (χ3v) is 7.46. The largest absolute Gasteiger partial charge is 0.444 e. The number of carbonyl (C=O) groups excluding carboxylic acids is 1. The third-order valence-electron chi connectivity index (χ3n) is 6.11. The summed E-state index contributed by atoms with van der Waals surface area (Å²) in [5.74, 6) is -2.20. The summed E-state index contributed by atoms with van der Waals surface area (Å²) in [6.45, 7) is 10.9. The number of alkyl halides is 6. The Hall–Kier alpha value is -4.05. The van der Waals surface area contributed by atoms with E-state index in [0.717, 1.165) is 0 Å². The van der Waals surface area contributed by atoms with Crippen LogP contribution in [0.1, 0.15) is 57.1 Å². The molecule has 2 heterocycles. The Kier molecular flexibility index (Phi) is 11.5. The third kappa shape index (κ3) is 9.02. The van der Waals surface area contributed by atoms with E-state index in [4.69, 9.17) is 13.9 Å². The van der Waals surface area contributed by atoms with Crippen molar-refractivity contribution in [3.8, 4) is 11.6 Å². The zero-order valence-electron chi connectivity index (χ0n) is 25.1. The lowest BCUT2D eigenvalue weighted by molar-refractivity contribution is -0.299.